The van der Waals surface area contributed by atoms with Crippen molar-refractivity contribution in [1.82, 2.24) is 14.9 Å². The highest BCUT2D eigenvalue weighted by molar-refractivity contribution is 6.30. The Bertz CT molecular complexity index is 1020. The molecule has 3 aromatic rings. The lowest BCUT2D eigenvalue weighted by molar-refractivity contribution is -0.135. The molecule has 30 heavy (non-hydrogen) atoms. The van der Waals surface area contributed by atoms with E-state index in [0.717, 1.165) is 49.0 Å². The number of amides is 1. The van der Waals surface area contributed by atoms with Gasteiger partial charge in [-0.15, -0.1) is 0 Å². The van der Waals surface area contributed by atoms with Gasteiger partial charge in [0.2, 0.25) is 11.9 Å². The molecule has 1 atom stereocenters. The van der Waals surface area contributed by atoms with Gasteiger partial charge in [0.1, 0.15) is 0 Å². The number of aromatic nitrogens is 2. The summed E-state index contributed by atoms with van der Waals surface area (Å²) in [6, 6.07) is 17.6. The summed E-state index contributed by atoms with van der Waals surface area (Å²) in [5, 5.41) is 0.648. The van der Waals surface area contributed by atoms with Gasteiger partial charge in [-0.25, -0.2) is 9.97 Å². The molecule has 2 aromatic carbocycles. The van der Waals surface area contributed by atoms with E-state index in [1.54, 1.807) is 6.20 Å². The zero-order chi connectivity index (χ0) is 20.9. The molecule has 0 spiro atoms. The molecule has 154 valence electrons. The topological polar surface area (TPSA) is 72.1 Å². The van der Waals surface area contributed by atoms with Gasteiger partial charge >= 0.3 is 0 Å². The fourth-order valence-electron chi connectivity index (χ4n) is 4.10. The minimum Gasteiger partial charge on any atom is -0.368 e. The summed E-state index contributed by atoms with van der Waals surface area (Å²) < 4.78 is 0. The highest BCUT2D eigenvalue weighted by Gasteiger charge is 2.31. The first-order chi connectivity index (χ1) is 14.6. The van der Waals surface area contributed by atoms with E-state index in [2.05, 4.69) is 22.1 Å². The Morgan fingerprint density at radius 3 is 2.77 bits per heavy atom. The third kappa shape index (κ3) is 4.62. The third-order valence-electron chi connectivity index (χ3n) is 5.58. The highest BCUT2D eigenvalue weighted by Crippen LogP contribution is 2.36. The molecule has 0 radical (unpaired) electrons. The molecular formula is C24H25ClN4O. The van der Waals surface area contributed by atoms with Gasteiger partial charge in [0.15, 0.2) is 0 Å². The number of halogens is 1. The highest BCUT2D eigenvalue weighted by atomic mass is 35.5. The van der Waals surface area contributed by atoms with Crippen LogP contribution in [0, 0.1) is 0 Å². The molecule has 0 unspecified atom stereocenters. The summed E-state index contributed by atoms with van der Waals surface area (Å²) in [4.78, 5) is 23.9. The van der Waals surface area contributed by atoms with Crippen molar-refractivity contribution < 1.29 is 4.79 Å². The Kier molecular flexibility index (Phi) is 6.29. The number of carbonyl (C=O) groups excluding carboxylic acids is 1. The van der Waals surface area contributed by atoms with E-state index in [1.807, 2.05) is 47.4 Å². The Hall–Kier alpha value is -2.92. The lowest BCUT2D eigenvalue weighted by atomic mass is 9.93. The van der Waals surface area contributed by atoms with Crippen LogP contribution >= 0.6 is 11.6 Å². The van der Waals surface area contributed by atoms with E-state index in [1.165, 1.54) is 5.56 Å². The molecule has 2 heterocycles. The van der Waals surface area contributed by atoms with Crippen LogP contribution in [0.4, 0.5) is 5.95 Å². The third-order valence-corrected chi connectivity index (χ3v) is 5.82. The lowest BCUT2D eigenvalue weighted by Gasteiger charge is -2.36. The zero-order valence-corrected chi connectivity index (χ0v) is 17.6. The van der Waals surface area contributed by atoms with Gasteiger partial charge in [-0.1, -0.05) is 54.1 Å². The van der Waals surface area contributed by atoms with E-state index in [0.29, 0.717) is 11.4 Å². The predicted octanol–water partition coefficient (Wildman–Crippen LogP) is 5.07. The molecule has 1 fully saturated rings. The van der Waals surface area contributed by atoms with Gasteiger partial charge < -0.3 is 10.6 Å². The molecule has 4 rings (SSSR count). The van der Waals surface area contributed by atoms with Crippen molar-refractivity contribution in [2.75, 3.05) is 12.3 Å². The number of nitrogens with two attached hydrogens (primary N) is 1. The number of hydrogen-bond acceptors (Lipinski definition) is 4. The molecule has 0 bridgehead atoms. The Balaban J connectivity index is 1.62. The second kappa shape index (κ2) is 9.26. The van der Waals surface area contributed by atoms with E-state index >= 15 is 0 Å². The summed E-state index contributed by atoms with van der Waals surface area (Å²) in [7, 11) is 0. The van der Waals surface area contributed by atoms with E-state index < -0.39 is 0 Å². The maximum atomic E-state index is 13.2. The first-order valence-corrected chi connectivity index (χ1v) is 10.7. The van der Waals surface area contributed by atoms with Crippen molar-refractivity contribution in [2.45, 2.75) is 38.1 Å². The van der Waals surface area contributed by atoms with Crippen LogP contribution in [0.25, 0.3) is 11.1 Å². The number of benzene rings is 2. The molecule has 6 heteroatoms. The molecule has 1 aliphatic heterocycles. The first kappa shape index (κ1) is 20.4. The fourth-order valence-corrected chi connectivity index (χ4v) is 4.29. The standard InChI is InChI=1S/C24H25ClN4O/c25-19-10-6-9-18(15-19)20-16-27-24(26)28-23(20)21-11-4-5-14-29(21)22(30)13-12-17-7-2-1-3-8-17/h1-3,6-10,15-16,21H,4-5,11-14H2,(H2,26,27,28)/t21-/m1/s1. The van der Waals surface area contributed by atoms with Crippen molar-refractivity contribution in [2.24, 2.45) is 0 Å². The first-order valence-electron chi connectivity index (χ1n) is 10.3. The molecule has 0 aliphatic carbocycles. The summed E-state index contributed by atoms with van der Waals surface area (Å²) in [5.74, 6) is 0.371. The molecule has 5 nitrogen and oxygen atoms in total. The van der Waals surface area contributed by atoms with Gasteiger partial charge in [0, 0.05) is 29.7 Å². The summed E-state index contributed by atoms with van der Waals surface area (Å²) in [5.41, 5.74) is 9.73. The van der Waals surface area contributed by atoms with Crippen LogP contribution in [0.2, 0.25) is 5.02 Å². The number of nitrogen functional groups attached to an aromatic ring is 1. The van der Waals surface area contributed by atoms with Gasteiger partial charge in [-0.05, 0) is 48.9 Å². The maximum absolute atomic E-state index is 13.2. The SMILES string of the molecule is Nc1ncc(-c2cccc(Cl)c2)c([C@H]2CCCCN2C(=O)CCc2ccccc2)n1. The van der Waals surface area contributed by atoms with Crippen molar-refractivity contribution in [3.8, 4) is 11.1 Å². The van der Waals surface area contributed by atoms with E-state index in [4.69, 9.17) is 17.3 Å². The number of likely N-dealkylation sites (tertiary alicyclic amines) is 1. The van der Waals surface area contributed by atoms with Crippen LogP contribution in [0.15, 0.2) is 60.8 Å². The Morgan fingerprint density at radius 1 is 1.13 bits per heavy atom. The van der Waals surface area contributed by atoms with Crippen LogP contribution in [0.3, 0.4) is 0 Å². The van der Waals surface area contributed by atoms with E-state index in [-0.39, 0.29) is 17.9 Å². The molecule has 1 amide bonds. The van der Waals surface area contributed by atoms with Crippen LogP contribution in [-0.2, 0) is 11.2 Å². The molecule has 0 saturated carbocycles. The predicted molar refractivity (Wildman–Crippen MR) is 120 cm³/mol. The van der Waals surface area contributed by atoms with Crippen LogP contribution in [0.5, 0.6) is 0 Å². The number of piperidine rings is 1. The zero-order valence-electron chi connectivity index (χ0n) is 16.8. The molecule has 1 aromatic heterocycles. The van der Waals surface area contributed by atoms with Crippen molar-refractivity contribution in [3.05, 3.63) is 77.1 Å². The van der Waals surface area contributed by atoms with Gasteiger partial charge in [-0.3, -0.25) is 4.79 Å². The summed E-state index contributed by atoms with van der Waals surface area (Å²) in [6.07, 6.45) is 5.86. The van der Waals surface area contributed by atoms with Crippen LogP contribution in [0.1, 0.15) is 43.0 Å². The van der Waals surface area contributed by atoms with Crippen molar-refractivity contribution in [3.63, 3.8) is 0 Å². The number of rotatable bonds is 5. The lowest BCUT2D eigenvalue weighted by Crippen LogP contribution is -2.39. The minimum absolute atomic E-state index is 0.110. The number of aryl methyl sites for hydroxylation is 1. The van der Waals surface area contributed by atoms with Gasteiger partial charge in [0.25, 0.3) is 0 Å². The largest absolute Gasteiger partial charge is 0.368 e. The summed E-state index contributed by atoms with van der Waals surface area (Å²) >= 11 is 6.21. The second-order valence-corrected chi connectivity index (χ2v) is 8.06. The molecule has 2 N–H and O–H groups in total. The number of anilines is 1. The number of carbonyl (C=O) groups is 1. The van der Waals surface area contributed by atoms with Crippen LogP contribution in [-0.4, -0.2) is 27.3 Å². The summed E-state index contributed by atoms with van der Waals surface area (Å²) in [6.45, 7) is 0.733. The Morgan fingerprint density at radius 2 is 1.97 bits per heavy atom. The van der Waals surface area contributed by atoms with Gasteiger partial charge in [-0.2, -0.15) is 0 Å². The van der Waals surface area contributed by atoms with Crippen molar-refractivity contribution in [1.29, 1.82) is 0 Å². The molecule has 1 saturated heterocycles. The average Bonchev–Trinajstić information content (AvgIpc) is 2.78. The quantitative estimate of drug-likeness (QED) is 0.625. The smallest absolute Gasteiger partial charge is 0.223 e. The second-order valence-electron chi connectivity index (χ2n) is 7.62. The Labute approximate surface area is 181 Å². The fraction of sp³-hybridized carbons (Fsp3) is 0.292. The minimum atomic E-state index is -0.110. The molecule has 1 aliphatic rings. The van der Waals surface area contributed by atoms with E-state index in [9.17, 15) is 4.79 Å². The maximum Gasteiger partial charge on any atom is 0.223 e. The molecular weight excluding hydrogens is 396 g/mol. The van der Waals surface area contributed by atoms with Crippen LogP contribution < -0.4 is 5.73 Å². The number of hydrogen-bond donors (Lipinski definition) is 1. The monoisotopic (exact) mass is 420 g/mol. The number of nitrogens with zero attached hydrogens (tertiary/aromatic N) is 3. The average molecular weight is 421 g/mol. The normalized spacial score (nSPS) is 16.4. The van der Waals surface area contributed by atoms with Gasteiger partial charge in [0.05, 0.1) is 11.7 Å². The van der Waals surface area contributed by atoms with Crippen molar-refractivity contribution >= 4 is 23.5 Å².